The van der Waals surface area contributed by atoms with E-state index in [2.05, 4.69) is 10.6 Å². The topological polar surface area (TPSA) is 95.6 Å². The first-order valence-corrected chi connectivity index (χ1v) is 6.54. The van der Waals surface area contributed by atoms with Crippen molar-refractivity contribution in [1.82, 2.24) is 10.2 Å². The minimum atomic E-state index is -0.550. The summed E-state index contributed by atoms with van der Waals surface area (Å²) in [5.41, 5.74) is 1.03. The molecule has 0 saturated carbocycles. The van der Waals surface area contributed by atoms with E-state index in [1.54, 1.807) is 6.07 Å². The van der Waals surface area contributed by atoms with Crippen LogP contribution < -0.4 is 10.6 Å². The van der Waals surface area contributed by atoms with Crippen LogP contribution in [0.5, 0.6) is 0 Å². The van der Waals surface area contributed by atoms with Gasteiger partial charge in [0.25, 0.3) is 11.8 Å². The van der Waals surface area contributed by atoms with Gasteiger partial charge in [-0.25, -0.2) is 0 Å². The van der Waals surface area contributed by atoms with Crippen LogP contribution in [0.2, 0.25) is 0 Å². The molecule has 4 amide bonds. The summed E-state index contributed by atoms with van der Waals surface area (Å²) in [6, 6.07) is 4.01. The van der Waals surface area contributed by atoms with Gasteiger partial charge in [-0.15, -0.1) is 0 Å². The van der Waals surface area contributed by atoms with E-state index >= 15 is 0 Å². The maximum absolute atomic E-state index is 12.0. The van der Waals surface area contributed by atoms with Gasteiger partial charge in [-0.2, -0.15) is 0 Å². The molecule has 2 aliphatic heterocycles. The first-order chi connectivity index (χ1) is 9.97. The van der Waals surface area contributed by atoms with Gasteiger partial charge in [0.2, 0.25) is 11.8 Å². The zero-order valence-corrected chi connectivity index (χ0v) is 11.3. The van der Waals surface area contributed by atoms with E-state index in [0.717, 1.165) is 4.90 Å². The smallest absolute Gasteiger partial charge is 0.261 e. The number of amides is 4. The number of carbonyl (C=O) groups excluding carboxylic acids is 4. The molecular formula is C14H13N3O4. The molecule has 7 nitrogen and oxygen atoms in total. The minimum absolute atomic E-state index is 0.147. The molecule has 0 bridgehead atoms. The molecule has 1 fully saturated rings. The summed E-state index contributed by atoms with van der Waals surface area (Å²) in [6.45, 7) is 0. The van der Waals surface area contributed by atoms with E-state index in [1.807, 2.05) is 0 Å². The van der Waals surface area contributed by atoms with E-state index in [1.165, 1.54) is 19.2 Å². The second-order valence-electron chi connectivity index (χ2n) is 5.08. The summed E-state index contributed by atoms with van der Waals surface area (Å²) >= 11 is 0. The van der Waals surface area contributed by atoms with Crippen LogP contribution in [-0.2, 0) is 9.59 Å². The molecule has 0 aromatic heterocycles. The van der Waals surface area contributed by atoms with Crippen molar-refractivity contribution in [2.45, 2.75) is 18.9 Å². The predicted molar refractivity (Wildman–Crippen MR) is 72.7 cm³/mol. The first-order valence-electron chi connectivity index (χ1n) is 6.54. The third kappa shape index (κ3) is 2.16. The van der Waals surface area contributed by atoms with E-state index in [-0.39, 0.29) is 29.2 Å². The number of fused-ring (bicyclic) bond motifs is 1. The molecule has 0 aliphatic carbocycles. The Bertz CT molecular complexity index is 683. The molecule has 7 heteroatoms. The van der Waals surface area contributed by atoms with Crippen LogP contribution in [0.1, 0.15) is 33.6 Å². The van der Waals surface area contributed by atoms with E-state index < -0.39 is 6.04 Å². The van der Waals surface area contributed by atoms with Gasteiger partial charge in [-0.1, -0.05) is 0 Å². The van der Waals surface area contributed by atoms with Gasteiger partial charge in [0, 0.05) is 19.2 Å². The molecule has 1 unspecified atom stereocenters. The van der Waals surface area contributed by atoms with Crippen molar-refractivity contribution in [2.24, 2.45) is 0 Å². The van der Waals surface area contributed by atoms with Crippen LogP contribution in [0.4, 0.5) is 5.69 Å². The minimum Gasteiger partial charge on any atom is -0.344 e. The van der Waals surface area contributed by atoms with Crippen molar-refractivity contribution < 1.29 is 19.2 Å². The molecule has 21 heavy (non-hydrogen) atoms. The number of imide groups is 1. The van der Waals surface area contributed by atoms with Gasteiger partial charge in [0.1, 0.15) is 6.04 Å². The summed E-state index contributed by atoms with van der Waals surface area (Å²) < 4.78 is 0. The number of hydrogen-bond donors (Lipinski definition) is 2. The van der Waals surface area contributed by atoms with Crippen LogP contribution in [0, 0.1) is 0 Å². The Morgan fingerprint density at radius 1 is 1.24 bits per heavy atom. The Labute approximate surface area is 120 Å². The Morgan fingerprint density at radius 3 is 2.62 bits per heavy atom. The predicted octanol–water partition coefficient (Wildman–Crippen LogP) is 0.129. The normalized spacial score (nSPS) is 20.5. The lowest BCUT2D eigenvalue weighted by Crippen LogP contribution is -2.37. The summed E-state index contributed by atoms with van der Waals surface area (Å²) in [5, 5.41) is 5.22. The van der Waals surface area contributed by atoms with Crippen molar-refractivity contribution in [3.63, 3.8) is 0 Å². The Morgan fingerprint density at radius 2 is 1.95 bits per heavy atom. The average Bonchev–Trinajstić information content (AvgIpc) is 2.98. The van der Waals surface area contributed by atoms with E-state index in [9.17, 15) is 19.2 Å². The zero-order chi connectivity index (χ0) is 15.1. The van der Waals surface area contributed by atoms with E-state index in [4.69, 9.17) is 0 Å². The molecule has 1 atom stereocenters. The number of carbonyl (C=O) groups is 4. The molecule has 1 aromatic rings. The maximum Gasteiger partial charge on any atom is 0.261 e. The highest BCUT2D eigenvalue weighted by Crippen LogP contribution is 2.25. The highest BCUT2D eigenvalue weighted by Gasteiger charge is 2.33. The van der Waals surface area contributed by atoms with Gasteiger partial charge in [0.15, 0.2) is 0 Å². The number of benzene rings is 1. The lowest BCUT2D eigenvalue weighted by molar-refractivity contribution is -0.122. The van der Waals surface area contributed by atoms with Gasteiger partial charge in [-0.05, 0) is 24.6 Å². The highest BCUT2D eigenvalue weighted by molar-refractivity contribution is 6.21. The summed E-state index contributed by atoms with van der Waals surface area (Å²) in [6.07, 6.45) is 0.788. The lowest BCUT2D eigenvalue weighted by Gasteiger charge is -2.11. The highest BCUT2D eigenvalue weighted by atomic mass is 16.2. The van der Waals surface area contributed by atoms with Crippen molar-refractivity contribution in [3.8, 4) is 0 Å². The van der Waals surface area contributed by atoms with Crippen LogP contribution in [0.3, 0.4) is 0 Å². The number of nitrogens with zero attached hydrogens (tertiary/aromatic N) is 1. The molecule has 108 valence electrons. The molecular weight excluding hydrogens is 274 g/mol. The van der Waals surface area contributed by atoms with Crippen LogP contribution in [-0.4, -0.2) is 41.6 Å². The standard InChI is InChI=1S/C14H13N3O4/c1-17-13(20)8-3-2-7(6-9(8)14(17)21)15-12(19)10-4-5-11(18)16-10/h2-3,6,10H,4-5H2,1H3,(H,15,19)(H,16,18). The van der Waals surface area contributed by atoms with Gasteiger partial charge >= 0.3 is 0 Å². The van der Waals surface area contributed by atoms with Crippen LogP contribution in [0.15, 0.2) is 18.2 Å². The van der Waals surface area contributed by atoms with Crippen LogP contribution >= 0.6 is 0 Å². The molecule has 2 heterocycles. The Kier molecular flexibility index (Phi) is 2.97. The largest absolute Gasteiger partial charge is 0.344 e. The fraction of sp³-hybridized carbons (Fsp3) is 0.286. The van der Waals surface area contributed by atoms with Crippen molar-refractivity contribution in [2.75, 3.05) is 12.4 Å². The number of nitrogens with one attached hydrogen (secondary N) is 2. The van der Waals surface area contributed by atoms with Crippen LogP contribution in [0.25, 0.3) is 0 Å². The SMILES string of the molecule is CN1C(=O)c2ccc(NC(=O)C3CCC(=O)N3)cc2C1=O. The zero-order valence-electron chi connectivity index (χ0n) is 11.3. The van der Waals surface area contributed by atoms with Crippen molar-refractivity contribution in [3.05, 3.63) is 29.3 Å². The molecule has 2 aliphatic rings. The third-order valence-electron chi connectivity index (χ3n) is 3.67. The monoisotopic (exact) mass is 287 g/mol. The Hall–Kier alpha value is -2.70. The summed E-state index contributed by atoms with van der Waals surface area (Å²) in [7, 11) is 1.41. The average molecular weight is 287 g/mol. The number of hydrogen-bond acceptors (Lipinski definition) is 4. The van der Waals surface area contributed by atoms with Gasteiger partial charge in [0.05, 0.1) is 11.1 Å². The summed E-state index contributed by atoms with van der Waals surface area (Å²) in [5.74, 6) is -1.21. The quantitative estimate of drug-likeness (QED) is 0.756. The fourth-order valence-corrected chi connectivity index (χ4v) is 2.48. The lowest BCUT2D eigenvalue weighted by atomic mass is 10.1. The van der Waals surface area contributed by atoms with Gasteiger partial charge < -0.3 is 10.6 Å². The third-order valence-corrected chi connectivity index (χ3v) is 3.67. The van der Waals surface area contributed by atoms with Gasteiger partial charge in [-0.3, -0.25) is 24.1 Å². The van der Waals surface area contributed by atoms with Crippen molar-refractivity contribution in [1.29, 1.82) is 0 Å². The second kappa shape index (κ2) is 4.69. The summed E-state index contributed by atoms with van der Waals surface area (Å²) in [4.78, 5) is 47.8. The fourth-order valence-electron chi connectivity index (χ4n) is 2.48. The first kappa shape index (κ1) is 13.3. The maximum atomic E-state index is 12.0. The molecule has 3 rings (SSSR count). The molecule has 0 spiro atoms. The van der Waals surface area contributed by atoms with Crippen molar-refractivity contribution >= 4 is 29.3 Å². The second-order valence-corrected chi connectivity index (χ2v) is 5.08. The molecule has 1 aromatic carbocycles. The molecule has 0 radical (unpaired) electrons. The molecule has 1 saturated heterocycles. The Balaban J connectivity index is 1.79. The number of anilines is 1. The van der Waals surface area contributed by atoms with E-state index in [0.29, 0.717) is 24.1 Å². The number of rotatable bonds is 2. The molecule has 2 N–H and O–H groups in total.